The number of halogens is 2. The number of hydrogen-bond donors (Lipinski definition) is 2. The van der Waals surface area contributed by atoms with E-state index < -0.39 is 0 Å². The lowest BCUT2D eigenvalue weighted by Crippen LogP contribution is -2.59. The van der Waals surface area contributed by atoms with Gasteiger partial charge in [-0.2, -0.15) is 0 Å². The predicted molar refractivity (Wildman–Crippen MR) is 93.7 cm³/mol. The molecular formula is C15H20BrIN2O. The number of benzene rings is 1. The lowest BCUT2D eigenvalue weighted by atomic mass is 9.73. The van der Waals surface area contributed by atoms with E-state index in [4.69, 9.17) is 5.73 Å². The van der Waals surface area contributed by atoms with Crippen LogP contribution in [0.1, 0.15) is 43.0 Å². The molecule has 1 aromatic rings. The summed E-state index contributed by atoms with van der Waals surface area (Å²) in [5.74, 6) is 0.390. The molecule has 3 N–H and O–H groups in total. The van der Waals surface area contributed by atoms with Gasteiger partial charge in [0, 0.05) is 14.6 Å². The maximum Gasteiger partial charge on any atom is 0.252 e. The molecule has 2 unspecified atom stereocenters. The predicted octanol–water partition coefficient (Wildman–Crippen LogP) is 3.69. The Morgan fingerprint density at radius 3 is 2.95 bits per heavy atom. The summed E-state index contributed by atoms with van der Waals surface area (Å²) >= 11 is 5.67. The zero-order valence-electron chi connectivity index (χ0n) is 11.6. The average molecular weight is 451 g/mol. The van der Waals surface area contributed by atoms with Gasteiger partial charge in [-0.05, 0) is 75.5 Å². The summed E-state index contributed by atoms with van der Waals surface area (Å²) in [4.78, 5) is 12.6. The summed E-state index contributed by atoms with van der Waals surface area (Å²) in [6.45, 7) is 2.69. The Morgan fingerprint density at radius 2 is 2.30 bits per heavy atom. The zero-order chi connectivity index (χ0) is 14.8. The second-order valence-corrected chi connectivity index (χ2v) is 7.69. The van der Waals surface area contributed by atoms with Crippen molar-refractivity contribution in [2.45, 2.75) is 38.1 Å². The molecule has 1 amide bonds. The molecule has 2 atom stereocenters. The summed E-state index contributed by atoms with van der Waals surface area (Å²) in [5.41, 5.74) is 6.42. The normalized spacial score (nSPS) is 26.3. The van der Waals surface area contributed by atoms with Gasteiger partial charge in [0.2, 0.25) is 0 Å². The highest BCUT2D eigenvalue weighted by molar-refractivity contribution is 14.1. The van der Waals surface area contributed by atoms with E-state index in [2.05, 4.69) is 50.8 Å². The van der Waals surface area contributed by atoms with Crippen molar-refractivity contribution in [3.8, 4) is 0 Å². The van der Waals surface area contributed by atoms with Crippen LogP contribution >= 0.6 is 38.5 Å². The van der Waals surface area contributed by atoms with Crippen LogP contribution in [0, 0.1) is 9.49 Å². The number of nitrogens with one attached hydrogen (secondary N) is 1. The van der Waals surface area contributed by atoms with E-state index in [1.54, 1.807) is 0 Å². The first-order chi connectivity index (χ1) is 9.48. The summed E-state index contributed by atoms with van der Waals surface area (Å²) in [5, 5.41) is 3.22. The Bertz CT molecular complexity index is 509. The SMILES string of the molecule is CC1CCCCC1(CN)NC(=O)c1cc(I)ccc1Br. The molecule has 1 aliphatic rings. The van der Waals surface area contributed by atoms with Gasteiger partial charge < -0.3 is 11.1 Å². The van der Waals surface area contributed by atoms with Crippen LogP contribution in [-0.2, 0) is 0 Å². The number of carbonyl (C=O) groups excluding carboxylic acids is 1. The van der Waals surface area contributed by atoms with E-state index in [0.717, 1.165) is 27.3 Å². The van der Waals surface area contributed by atoms with Crippen molar-refractivity contribution in [2.24, 2.45) is 11.7 Å². The smallest absolute Gasteiger partial charge is 0.252 e. The maximum atomic E-state index is 12.6. The highest BCUT2D eigenvalue weighted by Crippen LogP contribution is 2.33. The number of rotatable bonds is 3. The van der Waals surface area contributed by atoms with Crippen LogP contribution in [0.5, 0.6) is 0 Å². The fourth-order valence-electron chi connectivity index (χ4n) is 2.92. The Kier molecular flexibility index (Phi) is 5.48. The summed E-state index contributed by atoms with van der Waals surface area (Å²) in [6, 6.07) is 5.79. The van der Waals surface area contributed by atoms with E-state index >= 15 is 0 Å². The van der Waals surface area contributed by atoms with Crippen molar-refractivity contribution < 1.29 is 4.79 Å². The average Bonchev–Trinajstić information content (AvgIpc) is 2.44. The molecule has 0 bridgehead atoms. The van der Waals surface area contributed by atoms with Gasteiger partial charge in [-0.25, -0.2) is 0 Å². The number of amides is 1. The van der Waals surface area contributed by atoms with Gasteiger partial charge in [0.1, 0.15) is 0 Å². The highest BCUT2D eigenvalue weighted by atomic mass is 127. The molecule has 0 saturated heterocycles. The van der Waals surface area contributed by atoms with Gasteiger partial charge in [-0.3, -0.25) is 4.79 Å². The Hall–Kier alpha value is -0.140. The number of nitrogens with two attached hydrogens (primary N) is 1. The molecule has 3 nitrogen and oxygen atoms in total. The Morgan fingerprint density at radius 1 is 1.55 bits per heavy atom. The second kappa shape index (κ2) is 6.75. The molecule has 2 rings (SSSR count). The van der Waals surface area contributed by atoms with Crippen molar-refractivity contribution in [2.75, 3.05) is 6.54 Å². The van der Waals surface area contributed by atoms with Gasteiger partial charge in [0.05, 0.1) is 11.1 Å². The molecule has 1 aliphatic carbocycles. The minimum atomic E-state index is -0.254. The van der Waals surface area contributed by atoms with E-state index in [1.807, 2.05) is 18.2 Å². The minimum absolute atomic E-state index is 0.0328. The van der Waals surface area contributed by atoms with E-state index in [1.165, 1.54) is 6.42 Å². The first kappa shape index (κ1) is 16.2. The lowest BCUT2D eigenvalue weighted by molar-refractivity contribution is 0.0812. The van der Waals surface area contributed by atoms with E-state index in [0.29, 0.717) is 18.0 Å². The lowest BCUT2D eigenvalue weighted by Gasteiger charge is -2.42. The minimum Gasteiger partial charge on any atom is -0.345 e. The molecule has 110 valence electrons. The highest BCUT2D eigenvalue weighted by Gasteiger charge is 2.38. The summed E-state index contributed by atoms with van der Waals surface area (Å²) in [6.07, 6.45) is 4.46. The third-order valence-corrected chi connectivity index (χ3v) is 5.72. The van der Waals surface area contributed by atoms with Crippen molar-refractivity contribution in [3.05, 3.63) is 31.8 Å². The monoisotopic (exact) mass is 450 g/mol. The van der Waals surface area contributed by atoms with Crippen molar-refractivity contribution in [1.82, 2.24) is 5.32 Å². The molecule has 1 saturated carbocycles. The van der Waals surface area contributed by atoms with Crippen molar-refractivity contribution in [3.63, 3.8) is 0 Å². The molecule has 1 aromatic carbocycles. The third kappa shape index (κ3) is 3.36. The van der Waals surface area contributed by atoms with Gasteiger partial charge in [0.15, 0.2) is 0 Å². The Balaban J connectivity index is 2.23. The van der Waals surface area contributed by atoms with Crippen LogP contribution in [0.3, 0.4) is 0 Å². The fourth-order valence-corrected chi connectivity index (χ4v) is 3.84. The molecule has 0 spiro atoms. The number of carbonyl (C=O) groups is 1. The third-order valence-electron chi connectivity index (χ3n) is 4.35. The molecule has 0 aliphatic heterocycles. The second-order valence-electron chi connectivity index (χ2n) is 5.59. The van der Waals surface area contributed by atoms with Gasteiger partial charge in [-0.1, -0.05) is 19.8 Å². The van der Waals surface area contributed by atoms with Crippen LogP contribution in [0.25, 0.3) is 0 Å². The molecule has 0 aromatic heterocycles. The van der Waals surface area contributed by atoms with Crippen molar-refractivity contribution in [1.29, 1.82) is 0 Å². The molecule has 1 fully saturated rings. The van der Waals surface area contributed by atoms with Crippen LogP contribution in [0.4, 0.5) is 0 Å². The van der Waals surface area contributed by atoms with Crippen LogP contribution < -0.4 is 11.1 Å². The molecule has 0 heterocycles. The van der Waals surface area contributed by atoms with Crippen molar-refractivity contribution >= 4 is 44.4 Å². The van der Waals surface area contributed by atoms with Gasteiger partial charge in [0.25, 0.3) is 5.91 Å². The topological polar surface area (TPSA) is 55.1 Å². The van der Waals surface area contributed by atoms with Crippen LogP contribution in [0.2, 0.25) is 0 Å². The van der Waals surface area contributed by atoms with Gasteiger partial charge >= 0.3 is 0 Å². The molecule has 5 heteroatoms. The quantitative estimate of drug-likeness (QED) is 0.690. The molecule has 20 heavy (non-hydrogen) atoms. The summed E-state index contributed by atoms with van der Waals surface area (Å²) in [7, 11) is 0. The largest absolute Gasteiger partial charge is 0.345 e. The first-order valence-electron chi connectivity index (χ1n) is 6.96. The first-order valence-corrected chi connectivity index (χ1v) is 8.83. The van der Waals surface area contributed by atoms with E-state index in [9.17, 15) is 4.79 Å². The number of hydrogen-bond acceptors (Lipinski definition) is 2. The maximum absolute atomic E-state index is 12.6. The standard InChI is InChI=1S/C15H20BrIN2O/c1-10-4-2-3-7-15(10,9-18)19-14(20)12-8-11(17)5-6-13(12)16/h5-6,8,10H,2-4,7,9,18H2,1H3,(H,19,20). The van der Waals surface area contributed by atoms with Crippen LogP contribution in [0.15, 0.2) is 22.7 Å². The zero-order valence-corrected chi connectivity index (χ0v) is 15.3. The van der Waals surface area contributed by atoms with E-state index in [-0.39, 0.29) is 11.4 Å². The molecular weight excluding hydrogens is 431 g/mol. The Labute approximate surface area is 142 Å². The summed E-state index contributed by atoms with van der Waals surface area (Å²) < 4.78 is 1.88. The van der Waals surface area contributed by atoms with Gasteiger partial charge in [-0.15, -0.1) is 0 Å². The fraction of sp³-hybridized carbons (Fsp3) is 0.533. The molecule has 0 radical (unpaired) electrons. The van der Waals surface area contributed by atoms with Crippen LogP contribution in [-0.4, -0.2) is 18.0 Å².